The summed E-state index contributed by atoms with van der Waals surface area (Å²) in [5.74, 6) is 0. The van der Waals surface area contributed by atoms with Gasteiger partial charge in [0.05, 0.1) is 22.0 Å². The molecule has 0 aliphatic rings. The molecule has 0 aliphatic carbocycles. The van der Waals surface area contributed by atoms with Crippen molar-refractivity contribution < 1.29 is 8.42 Å². The fourth-order valence-electron chi connectivity index (χ4n) is 2.17. The molecule has 0 saturated heterocycles. The fraction of sp³-hybridized carbons (Fsp3) is 0.231. The molecule has 22 heavy (non-hydrogen) atoms. The lowest BCUT2D eigenvalue weighted by atomic mass is 10.4. The van der Waals surface area contributed by atoms with Crippen molar-refractivity contribution in [3.8, 4) is 10.6 Å². The molecule has 0 fully saturated rings. The van der Waals surface area contributed by atoms with E-state index in [1.165, 1.54) is 11.3 Å². The van der Waals surface area contributed by atoms with Gasteiger partial charge in [-0.15, -0.1) is 22.7 Å². The van der Waals surface area contributed by atoms with E-state index in [-0.39, 0.29) is 4.90 Å². The maximum absolute atomic E-state index is 12.6. The summed E-state index contributed by atoms with van der Waals surface area (Å²) in [5, 5.41) is 8.30. The zero-order valence-corrected chi connectivity index (χ0v) is 14.6. The summed E-state index contributed by atoms with van der Waals surface area (Å²) in [6.07, 6.45) is 0. The van der Waals surface area contributed by atoms with Gasteiger partial charge < -0.3 is 0 Å². The largest absolute Gasteiger partial charge is 0.271 e. The van der Waals surface area contributed by atoms with Crippen molar-refractivity contribution in [2.24, 2.45) is 7.05 Å². The number of aryl methyl sites for hydroxylation is 2. The SMILES string of the molecule is Cc1nn(C)c(C)c1S(=O)(=O)Nc1nc(-c2cccs2)cs1. The first-order chi connectivity index (χ1) is 10.4. The summed E-state index contributed by atoms with van der Waals surface area (Å²) in [6.45, 7) is 3.41. The Morgan fingerprint density at radius 1 is 1.27 bits per heavy atom. The van der Waals surface area contributed by atoms with E-state index in [0.717, 1.165) is 10.6 Å². The van der Waals surface area contributed by atoms with Crippen LogP contribution in [0.5, 0.6) is 0 Å². The molecule has 0 atom stereocenters. The topological polar surface area (TPSA) is 76.9 Å². The van der Waals surface area contributed by atoms with Crippen molar-refractivity contribution in [1.82, 2.24) is 14.8 Å². The molecule has 0 aromatic carbocycles. The third-order valence-electron chi connectivity index (χ3n) is 3.21. The van der Waals surface area contributed by atoms with Gasteiger partial charge in [0.1, 0.15) is 4.90 Å². The molecule has 0 bridgehead atoms. The van der Waals surface area contributed by atoms with Crippen molar-refractivity contribution in [3.63, 3.8) is 0 Å². The fourth-order valence-corrected chi connectivity index (χ4v) is 5.33. The first-order valence-electron chi connectivity index (χ1n) is 6.41. The van der Waals surface area contributed by atoms with Crippen molar-refractivity contribution in [3.05, 3.63) is 34.3 Å². The molecule has 0 spiro atoms. The Bertz CT molecular complexity index is 907. The number of aromatic nitrogens is 3. The van der Waals surface area contributed by atoms with Crippen LogP contribution in [0.15, 0.2) is 27.8 Å². The molecule has 0 radical (unpaired) electrons. The Labute approximate surface area is 136 Å². The molecule has 0 aliphatic heterocycles. The Kier molecular flexibility index (Phi) is 3.79. The van der Waals surface area contributed by atoms with Gasteiger partial charge in [0, 0.05) is 12.4 Å². The molecule has 6 nitrogen and oxygen atoms in total. The number of hydrogen-bond donors (Lipinski definition) is 1. The van der Waals surface area contributed by atoms with Gasteiger partial charge >= 0.3 is 0 Å². The van der Waals surface area contributed by atoms with Gasteiger partial charge in [-0.25, -0.2) is 13.4 Å². The highest BCUT2D eigenvalue weighted by molar-refractivity contribution is 7.93. The van der Waals surface area contributed by atoms with Crippen LogP contribution in [0.2, 0.25) is 0 Å². The van der Waals surface area contributed by atoms with Crippen LogP contribution in [-0.2, 0) is 17.1 Å². The standard InChI is InChI=1S/C13H14N4O2S3/c1-8-12(9(2)17(3)15-8)22(18,19)16-13-14-10(7-21-13)11-5-4-6-20-11/h4-7H,1-3H3,(H,14,16). The zero-order chi connectivity index (χ0) is 15.9. The van der Waals surface area contributed by atoms with E-state index in [1.54, 1.807) is 36.9 Å². The molecule has 3 heterocycles. The number of thiophene rings is 1. The summed E-state index contributed by atoms with van der Waals surface area (Å²) in [4.78, 5) is 5.56. The Morgan fingerprint density at radius 2 is 2.05 bits per heavy atom. The highest BCUT2D eigenvalue weighted by atomic mass is 32.2. The second-order valence-electron chi connectivity index (χ2n) is 4.74. The van der Waals surface area contributed by atoms with E-state index in [1.807, 2.05) is 22.9 Å². The zero-order valence-electron chi connectivity index (χ0n) is 12.2. The van der Waals surface area contributed by atoms with Crippen molar-refractivity contribution in [2.45, 2.75) is 18.7 Å². The van der Waals surface area contributed by atoms with Crippen LogP contribution >= 0.6 is 22.7 Å². The highest BCUT2D eigenvalue weighted by Gasteiger charge is 2.24. The van der Waals surface area contributed by atoms with Crippen LogP contribution in [0, 0.1) is 13.8 Å². The van der Waals surface area contributed by atoms with Gasteiger partial charge in [-0.05, 0) is 25.3 Å². The van der Waals surface area contributed by atoms with E-state index in [9.17, 15) is 8.42 Å². The summed E-state index contributed by atoms with van der Waals surface area (Å²) >= 11 is 2.83. The lowest BCUT2D eigenvalue weighted by Gasteiger charge is -2.05. The second kappa shape index (κ2) is 5.49. The molecule has 0 saturated carbocycles. The average Bonchev–Trinajstić information content (AvgIpc) is 3.11. The maximum atomic E-state index is 12.6. The number of rotatable bonds is 4. The molecule has 3 aromatic rings. The van der Waals surface area contributed by atoms with Gasteiger partial charge in [0.15, 0.2) is 5.13 Å². The molecule has 1 N–H and O–H groups in total. The number of nitrogens with zero attached hydrogens (tertiary/aromatic N) is 3. The van der Waals surface area contributed by atoms with Crippen molar-refractivity contribution >= 4 is 37.8 Å². The second-order valence-corrected chi connectivity index (χ2v) is 8.17. The van der Waals surface area contributed by atoms with Gasteiger partial charge in [0.25, 0.3) is 10.0 Å². The number of sulfonamides is 1. The molecular weight excluding hydrogens is 340 g/mol. The quantitative estimate of drug-likeness (QED) is 0.781. The predicted octanol–water partition coefficient (Wildman–Crippen LogP) is 3.02. The first kappa shape index (κ1) is 15.2. The number of thiazole rings is 1. The summed E-state index contributed by atoms with van der Waals surface area (Å²) < 4.78 is 29.2. The Hall–Kier alpha value is -1.71. The number of hydrogen-bond acceptors (Lipinski definition) is 6. The molecular formula is C13H14N4O2S3. The number of nitrogens with one attached hydrogen (secondary N) is 1. The third-order valence-corrected chi connectivity index (χ3v) is 6.58. The number of anilines is 1. The Balaban J connectivity index is 1.92. The molecule has 9 heteroatoms. The van der Waals surface area contributed by atoms with Gasteiger partial charge in [-0.1, -0.05) is 6.07 Å². The molecule has 116 valence electrons. The van der Waals surface area contributed by atoms with Crippen molar-refractivity contribution in [2.75, 3.05) is 4.72 Å². The minimum Gasteiger partial charge on any atom is -0.271 e. The van der Waals surface area contributed by atoms with Crippen LogP contribution in [0.1, 0.15) is 11.4 Å². The maximum Gasteiger partial charge on any atom is 0.267 e. The van der Waals surface area contributed by atoms with E-state index < -0.39 is 10.0 Å². The normalized spacial score (nSPS) is 11.8. The summed E-state index contributed by atoms with van der Waals surface area (Å²) in [6, 6.07) is 3.89. The van der Waals surface area contributed by atoms with Gasteiger partial charge in [-0.3, -0.25) is 9.40 Å². The van der Waals surface area contributed by atoms with Crippen LogP contribution < -0.4 is 4.72 Å². The highest BCUT2D eigenvalue weighted by Crippen LogP contribution is 2.30. The summed E-state index contributed by atoms with van der Waals surface area (Å²) in [5.41, 5.74) is 1.85. The van der Waals surface area contributed by atoms with E-state index >= 15 is 0 Å². The van der Waals surface area contributed by atoms with E-state index in [2.05, 4.69) is 14.8 Å². The lowest BCUT2D eigenvalue weighted by Crippen LogP contribution is -2.14. The predicted molar refractivity (Wildman–Crippen MR) is 88.9 cm³/mol. The van der Waals surface area contributed by atoms with Crippen LogP contribution in [-0.4, -0.2) is 23.2 Å². The van der Waals surface area contributed by atoms with E-state index in [0.29, 0.717) is 16.5 Å². The van der Waals surface area contributed by atoms with Gasteiger partial charge in [-0.2, -0.15) is 5.10 Å². The molecule has 0 unspecified atom stereocenters. The van der Waals surface area contributed by atoms with Crippen LogP contribution in [0.3, 0.4) is 0 Å². The first-order valence-corrected chi connectivity index (χ1v) is 9.65. The summed E-state index contributed by atoms with van der Waals surface area (Å²) in [7, 11) is -1.97. The average molecular weight is 354 g/mol. The minimum atomic E-state index is -3.69. The monoisotopic (exact) mass is 354 g/mol. The Morgan fingerprint density at radius 3 is 2.64 bits per heavy atom. The van der Waals surface area contributed by atoms with Crippen LogP contribution in [0.4, 0.5) is 5.13 Å². The van der Waals surface area contributed by atoms with Crippen LogP contribution in [0.25, 0.3) is 10.6 Å². The minimum absolute atomic E-state index is 0.211. The van der Waals surface area contributed by atoms with Crippen molar-refractivity contribution in [1.29, 1.82) is 0 Å². The molecule has 0 amide bonds. The molecule has 3 rings (SSSR count). The van der Waals surface area contributed by atoms with Gasteiger partial charge in [0.2, 0.25) is 0 Å². The third kappa shape index (κ3) is 2.67. The lowest BCUT2D eigenvalue weighted by molar-refractivity contribution is 0.599. The van der Waals surface area contributed by atoms with E-state index in [4.69, 9.17) is 0 Å². The molecule has 3 aromatic heterocycles. The smallest absolute Gasteiger partial charge is 0.267 e.